The summed E-state index contributed by atoms with van der Waals surface area (Å²) in [6.07, 6.45) is -1.92. The third-order valence-corrected chi connectivity index (χ3v) is 4.79. The minimum atomic E-state index is -4.65. The Balaban J connectivity index is 1.82. The fourth-order valence-electron chi connectivity index (χ4n) is 3.20. The molecule has 2 N–H and O–H groups in total. The van der Waals surface area contributed by atoms with E-state index in [4.69, 9.17) is 21.1 Å². The Bertz CT molecular complexity index is 854. The van der Waals surface area contributed by atoms with Crippen LogP contribution in [-0.2, 0) is 10.9 Å². The molecule has 2 bridgehead atoms. The van der Waals surface area contributed by atoms with Gasteiger partial charge in [-0.15, -0.1) is 5.10 Å². The van der Waals surface area contributed by atoms with Crippen molar-refractivity contribution in [2.45, 2.75) is 31.5 Å². The van der Waals surface area contributed by atoms with E-state index in [0.717, 1.165) is 4.68 Å². The van der Waals surface area contributed by atoms with Crippen LogP contribution in [-0.4, -0.2) is 46.1 Å². The van der Waals surface area contributed by atoms with Gasteiger partial charge >= 0.3 is 6.18 Å². The van der Waals surface area contributed by atoms with Gasteiger partial charge in [0.05, 0.1) is 18.8 Å². The van der Waals surface area contributed by atoms with E-state index in [1.165, 1.54) is 6.20 Å². The van der Waals surface area contributed by atoms with Gasteiger partial charge in [0.15, 0.2) is 11.5 Å². The molecule has 2 aromatic rings. The summed E-state index contributed by atoms with van der Waals surface area (Å²) in [5.41, 5.74) is -1.21. The van der Waals surface area contributed by atoms with Gasteiger partial charge in [0.1, 0.15) is 10.7 Å². The van der Waals surface area contributed by atoms with Gasteiger partial charge in [0, 0.05) is 19.8 Å². The van der Waals surface area contributed by atoms with Crippen molar-refractivity contribution in [2.75, 3.05) is 37.0 Å². The number of halogens is 4. The molecule has 0 unspecified atom stereocenters. The quantitative estimate of drug-likeness (QED) is 0.731. The first-order chi connectivity index (χ1) is 13.4. The van der Waals surface area contributed by atoms with Crippen molar-refractivity contribution >= 4 is 29.1 Å². The highest BCUT2D eigenvalue weighted by atomic mass is 35.5. The third-order valence-electron chi connectivity index (χ3n) is 4.52. The summed E-state index contributed by atoms with van der Waals surface area (Å²) in [5, 5.41) is 10.1. The van der Waals surface area contributed by atoms with Crippen LogP contribution in [0.3, 0.4) is 0 Å². The lowest BCUT2D eigenvalue weighted by atomic mass is 10.1. The molecule has 4 heterocycles. The molecule has 12 heteroatoms. The number of fused-ring (bicyclic) bond motifs is 3. The molecule has 0 radical (unpaired) electrons. The van der Waals surface area contributed by atoms with Crippen molar-refractivity contribution in [1.82, 2.24) is 19.7 Å². The molecular formula is C16H18ClF3N6O2. The Kier molecular flexibility index (Phi) is 5.19. The van der Waals surface area contributed by atoms with Crippen LogP contribution in [0.15, 0.2) is 6.20 Å². The Morgan fingerprint density at radius 1 is 1.21 bits per heavy atom. The molecule has 1 saturated heterocycles. The maximum atomic E-state index is 14.0. The highest BCUT2D eigenvalue weighted by Gasteiger charge is 2.43. The zero-order valence-corrected chi connectivity index (χ0v) is 15.5. The van der Waals surface area contributed by atoms with Gasteiger partial charge in [-0.25, -0.2) is 4.98 Å². The van der Waals surface area contributed by atoms with E-state index in [9.17, 15) is 13.2 Å². The molecule has 28 heavy (non-hydrogen) atoms. The van der Waals surface area contributed by atoms with Crippen LogP contribution < -0.4 is 15.4 Å². The maximum absolute atomic E-state index is 14.0. The van der Waals surface area contributed by atoms with Gasteiger partial charge in [-0.1, -0.05) is 11.6 Å². The molecule has 1 fully saturated rings. The summed E-state index contributed by atoms with van der Waals surface area (Å²) < 4.78 is 53.8. The Labute approximate surface area is 163 Å². The van der Waals surface area contributed by atoms with Crippen molar-refractivity contribution in [2.24, 2.45) is 0 Å². The molecule has 0 saturated carbocycles. The Morgan fingerprint density at radius 3 is 2.75 bits per heavy atom. The lowest BCUT2D eigenvalue weighted by Gasteiger charge is -2.24. The predicted molar refractivity (Wildman–Crippen MR) is 95.2 cm³/mol. The first kappa shape index (κ1) is 19.1. The summed E-state index contributed by atoms with van der Waals surface area (Å²) >= 11 is 6.05. The zero-order valence-electron chi connectivity index (χ0n) is 14.7. The standard InChI is InChI=1S/C16H18ClF3N6O2/c17-10-8-22-15-23-11-12(16(18,19)20)26(9-2-6-27-7-3-9)25-14(11)28-5-1-4-21-13(10)24-15/h8-9H,1-7H2,(H2,21,22,23,24). The minimum Gasteiger partial charge on any atom is -0.475 e. The molecule has 2 aliphatic rings. The summed E-state index contributed by atoms with van der Waals surface area (Å²) in [5.74, 6) is 0.185. The number of alkyl halides is 3. The van der Waals surface area contributed by atoms with Crippen LogP contribution in [0.4, 0.5) is 30.6 Å². The van der Waals surface area contributed by atoms with Gasteiger partial charge in [-0.2, -0.15) is 18.2 Å². The largest absolute Gasteiger partial charge is 0.475 e. The minimum absolute atomic E-state index is 0.0318. The predicted octanol–water partition coefficient (Wildman–Crippen LogP) is 3.63. The average molecular weight is 419 g/mol. The SMILES string of the molecule is FC(F)(F)c1c2c(nn1C1CCOCC1)OCCCNc1nc(ncc1Cl)N2. The van der Waals surface area contributed by atoms with Crippen LogP contribution in [0.25, 0.3) is 0 Å². The molecule has 0 atom stereocenters. The number of hydrogen-bond acceptors (Lipinski definition) is 7. The fourth-order valence-corrected chi connectivity index (χ4v) is 3.36. The monoisotopic (exact) mass is 418 g/mol. The highest BCUT2D eigenvalue weighted by Crippen LogP contribution is 2.43. The summed E-state index contributed by atoms with van der Waals surface area (Å²) in [6, 6.07) is -0.431. The van der Waals surface area contributed by atoms with Crippen LogP contribution in [0.5, 0.6) is 5.88 Å². The summed E-state index contributed by atoms with van der Waals surface area (Å²) in [6.45, 7) is 1.44. The molecule has 152 valence electrons. The number of anilines is 3. The van der Waals surface area contributed by atoms with E-state index in [-0.39, 0.29) is 29.1 Å². The van der Waals surface area contributed by atoms with E-state index in [1.54, 1.807) is 0 Å². The van der Waals surface area contributed by atoms with Crippen LogP contribution in [0.1, 0.15) is 31.0 Å². The van der Waals surface area contributed by atoms with E-state index < -0.39 is 17.9 Å². The van der Waals surface area contributed by atoms with Crippen LogP contribution in [0.2, 0.25) is 5.02 Å². The van der Waals surface area contributed by atoms with Crippen molar-refractivity contribution in [3.05, 3.63) is 16.9 Å². The molecule has 0 aromatic carbocycles. The second-order valence-corrected chi connectivity index (χ2v) is 6.87. The molecular weight excluding hydrogens is 401 g/mol. The zero-order chi connectivity index (χ0) is 19.7. The number of rotatable bonds is 1. The molecule has 8 nitrogen and oxygen atoms in total. The van der Waals surface area contributed by atoms with Gasteiger partial charge in [-0.05, 0) is 19.3 Å². The molecule has 2 aliphatic heterocycles. The Hall–Kier alpha value is -2.27. The van der Waals surface area contributed by atoms with Crippen molar-refractivity contribution in [1.29, 1.82) is 0 Å². The molecule has 4 rings (SSSR count). The molecule has 0 spiro atoms. The first-order valence-corrected chi connectivity index (χ1v) is 9.25. The molecule has 0 aliphatic carbocycles. The van der Waals surface area contributed by atoms with Crippen molar-refractivity contribution in [3.8, 4) is 5.88 Å². The lowest BCUT2D eigenvalue weighted by Crippen LogP contribution is -2.25. The number of hydrogen-bond donors (Lipinski definition) is 2. The number of nitrogens with zero attached hydrogens (tertiary/aromatic N) is 4. The molecule has 0 amide bonds. The second-order valence-electron chi connectivity index (χ2n) is 6.46. The van der Waals surface area contributed by atoms with Gasteiger partial charge in [-0.3, -0.25) is 4.68 Å². The average Bonchev–Trinajstić information content (AvgIpc) is 3.01. The lowest BCUT2D eigenvalue weighted by molar-refractivity contribution is -0.145. The van der Waals surface area contributed by atoms with E-state index >= 15 is 0 Å². The summed E-state index contributed by atoms with van der Waals surface area (Å²) in [4.78, 5) is 8.16. The van der Waals surface area contributed by atoms with Crippen LogP contribution in [0, 0.1) is 0 Å². The van der Waals surface area contributed by atoms with Crippen LogP contribution >= 0.6 is 11.6 Å². The number of nitrogens with one attached hydrogen (secondary N) is 2. The van der Waals surface area contributed by atoms with E-state index in [0.29, 0.717) is 44.8 Å². The maximum Gasteiger partial charge on any atom is 0.435 e. The first-order valence-electron chi connectivity index (χ1n) is 8.87. The smallest absolute Gasteiger partial charge is 0.435 e. The number of aromatic nitrogens is 4. The van der Waals surface area contributed by atoms with E-state index in [1.807, 2.05) is 0 Å². The fraction of sp³-hybridized carbons (Fsp3) is 0.562. The topological polar surface area (TPSA) is 86.1 Å². The third kappa shape index (κ3) is 3.81. The second kappa shape index (κ2) is 7.63. The Morgan fingerprint density at radius 2 is 2.00 bits per heavy atom. The van der Waals surface area contributed by atoms with E-state index in [2.05, 4.69) is 25.7 Å². The van der Waals surface area contributed by atoms with Crippen molar-refractivity contribution in [3.63, 3.8) is 0 Å². The highest BCUT2D eigenvalue weighted by molar-refractivity contribution is 6.32. The van der Waals surface area contributed by atoms with Gasteiger partial charge < -0.3 is 20.1 Å². The van der Waals surface area contributed by atoms with Gasteiger partial charge in [0.25, 0.3) is 5.88 Å². The normalized spacial score (nSPS) is 18.3. The van der Waals surface area contributed by atoms with Crippen molar-refractivity contribution < 1.29 is 22.6 Å². The van der Waals surface area contributed by atoms with Gasteiger partial charge in [0.2, 0.25) is 5.95 Å². The summed E-state index contributed by atoms with van der Waals surface area (Å²) in [7, 11) is 0. The molecule has 2 aromatic heterocycles. The number of ether oxygens (including phenoxy) is 2.